The van der Waals surface area contributed by atoms with Crippen molar-refractivity contribution >= 4 is 57.6 Å². The largest absolute Gasteiger partial charge is 0.490 e. The lowest BCUT2D eigenvalue weighted by atomic mass is 9.88. The molecule has 0 saturated heterocycles. The molecule has 0 bridgehead atoms. The molecule has 0 fully saturated rings. The fraction of sp³-hybridized carbons (Fsp3) is 0.343. The molecule has 3 aromatic carbocycles. The Labute approximate surface area is 305 Å². The lowest BCUT2D eigenvalue weighted by molar-refractivity contribution is -0.193. The Balaban J connectivity index is 0.000000441. The van der Waals surface area contributed by atoms with Gasteiger partial charge in [0.25, 0.3) is 0 Å². The molecule has 0 spiro atoms. The average Bonchev–Trinajstić information content (AvgIpc) is 3.48. The number of nitrogens with one attached hydrogen (secondary N) is 2. The number of hydrogen-bond acceptors (Lipinski definition) is 5. The standard InChI is InChI=1S/C31H34Cl2N4O.2C2HF3O2/c1-20(26-17-34-28-11-7-5-9-25(26)28)30(35-16-22-8-4-6-10-27(22)33)31(38)37-19-21(18-36(2)3)14-23-15-24(32)12-13-29(23)37;2*3-2(4,5)1(6)7/h4-13,15,17,20-21,30,34-35H,14,16,18-19H2,1-3H3;2*(H,6,7)/t20?,21-,30?;;/m1../s1. The third-order valence-electron chi connectivity index (χ3n) is 8.00. The van der Waals surface area contributed by atoms with Gasteiger partial charge >= 0.3 is 24.3 Å². The van der Waals surface area contributed by atoms with Crippen molar-refractivity contribution in [1.29, 1.82) is 0 Å². The van der Waals surface area contributed by atoms with Gasteiger partial charge in [-0.2, -0.15) is 26.3 Å². The van der Waals surface area contributed by atoms with E-state index in [0.717, 1.165) is 46.2 Å². The number of carboxylic acids is 2. The van der Waals surface area contributed by atoms with Crippen LogP contribution in [0.4, 0.5) is 32.0 Å². The van der Waals surface area contributed by atoms with E-state index in [2.05, 4.69) is 48.4 Å². The van der Waals surface area contributed by atoms with Gasteiger partial charge in [0, 0.05) is 58.4 Å². The van der Waals surface area contributed by atoms with Gasteiger partial charge in [0.05, 0.1) is 6.04 Å². The SMILES string of the molecule is CC(c1c[nH]c2ccccc12)C(NCc1ccccc1Cl)C(=O)N1C[C@@H](CN(C)C)Cc2cc(Cl)ccc21.O=C(O)C(F)(F)F.O=C(O)C(F)(F)F. The van der Waals surface area contributed by atoms with Crippen LogP contribution in [0.25, 0.3) is 10.9 Å². The summed E-state index contributed by atoms with van der Waals surface area (Å²) < 4.78 is 63.5. The highest BCUT2D eigenvalue weighted by molar-refractivity contribution is 6.31. The first-order chi connectivity index (χ1) is 24.2. The number of rotatable bonds is 8. The van der Waals surface area contributed by atoms with E-state index in [1.165, 1.54) is 0 Å². The van der Waals surface area contributed by atoms with Crippen molar-refractivity contribution in [2.45, 2.75) is 44.2 Å². The van der Waals surface area contributed by atoms with Crippen molar-refractivity contribution in [3.05, 3.63) is 99.7 Å². The molecule has 17 heteroatoms. The van der Waals surface area contributed by atoms with Gasteiger partial charge in [-0.15, -0.1) is 0 Å². The third kappa shape index (κ3) is 11.6. The summed E-state index contributed by atoms with van der Waals surface area (Å²) >= 11 is 12.9. The van der Waals surface area contributed by atoms with Crippen LogP contribution < -0.4 is 10.2 Å². The predicted octanol–water partition coefficient (Wildman–Crippen LogP) is 7.77. The van der Waals surface area contributed by atoms with Crippen LogP contribution in [0.3, 0.4) is 0 Å². The summed E-state index contributed by atoms with van der Waals surface area (Å²) in [6.07, 6.45) is -7.24. The number of aromatic amines is 1. The normalized spacial score (nSPS) is 15.5. The maximum Gasteiger partial charge on any atom is 0.490 e. The molecule has 0 aliphatic carbocycles. The highest BCUT2D eigenvalue weighted by Gasteiger charge is 2.39. The summed E-state index contributed by atoms with van der Waals surface area (Å²) in [5.41, 5.74) is 5.22. The van der Waals surface area contributed by atoms with E-state index in [-0.39, 0.29) is 11.8 Å². The molecule has 282 valence electrons. The number of alkyl halides is 6. The zero-order valence-electron chi connectivity index (χ0n) is 28.0. The van der Waals surface area contributed by atoms with Crippen LogP contribution in [0.5, 0.6) is 0 Å². The summed E-state index contributed by atoms with van der Waals surface area (Å²) in [7, 11) is 4.15. The summed E-state index contributed by atoms with van der Waals surface area (Å²) in [5.74, 6) is -5.24. The predicted molar refractivity (Wildman–Crippen MR) is 186 cm³/mol. The molecule has 5 rings (SSSR count). The van der Waals surface area contributed by atoms with Crippen LogP contribution in [-0.2, 0) is 27.3 Å². The van der Waals surface area contributed by atoms with Gasteiger partial charge in [0.2, 0.25) is 5.91 Å². The summed E-state index contributed by atoms with van der Waals surface area (Å²) in [6, 6.07) is 21.4. The number of nitrogens with zero attached hydrogens (tertiary/aromatic N) is 2. The molecule has 2 unspecified atom stereocenters. The summed E-state index contributed by atoms with van der Waals surface area (Å²) in [6.45, 7) is 4.18. The number of halogens is 8. The second kappa shape index (κ2) is 17.9. The van der Waals surface area contributed by atoms with Gasteiger partial charge in [-0.3, -0.25) is 4.79 Å². The number of aliphatic carboxylic acids is 2. The number of H-pyrrole nitrogens is 1. The molecule has 4 aromatic rings. The number of aromatic nitrogens is 1. The van der Waals surface area contributed by atoms with Crippen molar-refractivity contribution < 1.29 is 50.9 Å². The lowest BCUT2D eigenvalue weighted by Gasteiger charge is -2.39. The van der Waals surface area contributed by atoms with E-state index < -0.39 is 30.3 Å². The van der Waals surface area contributed by atoms with E-state index in [9.17, 15) is 31.1 Å². The second-order valence-corrected chi connectivity index (χ2v) is 13.0. The van der Waals surface area contributed by atoms with Crippen LogP contribution in [0.15, 0.2) is 72.9 Å². The number of carbonyl (C=O) groups is 3. The highest BCUT2D eigenvalue weighted by atomic mass is 35.5. The van der Waals surface area contributed by atoms with Crippen molar-refractivity contribution in [3.8, 4) is 0 Å². The summed E-state index contributed by atoms with van der Waals surface area (Å²) in [5, 5.41) is 20.4. The first-order valence-corrected chi connectivity index (χ1v) is 16.3. The Bertz CT molecular complexity index is 1830. The Morgan fingerprint density at radius 1 is 0.942 bits per heavy atom. The molecule has 4 N–H and O–H groups in total. The zero-order valence-corrected chi connectivity index (χ0v) is 29.5. The van der Waals surface area contributed by atoms with Gasteiger partial charge in [0.15, 0.2) is 0 Å². The average molecular weight is 778 g/mol. The highest BCUT2D eigenvalue weighted by Crippen LogP contribution is 2.35. The molecular weight excluding hydrogens is 741 g/mol. The van der Waals surface area contributed by atoms with Crippen LogP contribution in [0, 0.1) is 5.92 Å². The maximum absolute atomic E-state index is 14.5. The maximum atomic E-state index is 14.5. The van der Waals surface area contributed by atoms with Gasteiger partial charge in [-0.1, -0.05) is 66.5 Å². The van der Waals surface area contributed by atoms with E-state index >= 15 is 0 Å². The molecular formula is C35H36Cl2F6N4O5. The van der Waals surface area contributed by atoms with Crippen molar-refractivity contribution in [2.24, 2.45) is 5.92 Å². The van der Waals surface area contributed by atoms with Crippen LogP contribution in [0.2, 0.25) is 10.0 Å². The molecule has 52 heavy (non-hydrogen) atoms. The fourth-order valence-corrected chi connectivity index (χ4v) is 6.12. The van der Waals surface area contributed by atoms with E-state index in [1.807, 2.05) is 65.7 Å². The fourth-order valence-electron chi connectivity index (χ4n) is 5.72. The number of amides is 1. The zero-order chi connectivity index (χ0) is 39.0. The van der Waals surface area contributed by atoms with E-state index in [0.29, 0.717) is 29.1 Å². The molecule has 1 amide bonds. The van der Waals surface area contributed by atoms with Crippen LogP contribution >= 0.6 is 23.2 Å². The third-order valence-corrected chi connectivity index (χ3v) is 8.61. The van der Waals surface area contributed by atoms with Gasteiger partial charge in [-0.05, 0) is 73.5 Å². The number of fused-ring (bicyclic) bond motifs is 2. The first kappa shape index (κ1) is 42.1. The second-order valence-electron chi connectivity index (χ2n) is 12.2. The Kier molecular flexibility index (Phi) is 14.5. The first-order valence-electron chi connectivity index (χ1n) is 15.6. The minimum Gasteiger partial charge on any atom is -0.475 e. The number of benzene rings is 3. The molecule has 1 aromatic heterocycles. The van der Waals surface area contributed by atoms with Gasteiger partial charge in [-0.25, -0.2) is 9.59 Å². The summed E-state index contributed by atoms with van der Waals surface area (Å²) in [4.78, 5) is 39.9. The number of anilines is 1. The minimum atomic E-state index is -5.08. The Morgan fingerprint density at radius 2 is 1.52 bits per heavy atom. The lowest BCUT2D eigenvalue weighted by Crippen LogP contribution is -2.52. The number of carboxylic acid groups (broad SMARTS) is 2. The molecule has 2 heterocycles. The minimum absolute atomic E-state index is 0.0573. The quantitative estimate of drug-likeness (QED) is 0.135. The van der Waals surface area contributed by atoms with Crippen LogP contribution in [0.1, 0.15) is 29.5 Å². The Hall–Kier alpha value is -4.31. The number of carbonyl (C=O) groups excluding carboxylic acids is 1. The van der Waals surface area contributed by atoms with Crippen molar-refractivity contribution in [3.63, 3.8) is 0 Å². The molecule has 9 nitrogen and oxygen atoms in total. The van der Waals surface area contributed by atoms with E-state index in [4.69, 9.17) is 43.0 Å². The smallest absolute Gasteiger partial charge is 0.475 e. The Morgan fingerprint density at radius 3 is 2.10 bits per heavy atom. The van der Waals surface area contributed by atoms with Gasteiger partial charge < -0.3 is 30.3 Å². The van der Waals surface area contributed by atoms with E-state index in [1.54, 1.807) is 0 Å². The van der Waals surface area contributed by atoms with Gasteiger partial charge in [0.1, 0.15) is 0 Å². The van der Waals surface area contributed by atoms with Crippen LogP contribution in [-0.4, -0.2) is 83.5 Å². The molecule has 3 atom stereocenters. The topological polar surface area (TPSA) is 126 Å². The monoisotopic (exact) mass is 776 g/mol. The molecule has 0 radical (unpaired) electrons. The van der Waals surface area contributed by atoms with Crippen molar-refractivity contribution in [1.82, 2.24) is 15.2 Å². The number of para-hydroxylation sites is 1. The molecule has 1 aliphatic rings. The van der Waals surface area contributed by atoms with Crippen molar-refractivity contribution in [2.75, 3.05) is 32.1 Å². The number of hydrogen-bond donors (Lipinski definition) is 4. The molecule has 1 aliphatic heterocycles. The molecule has 0 saturated carbocycles.